The maximum absolute atomic E-state index is 2.57. The smallest absolute Gasteiger partial charge is 0.242 e. The SMILES string of the molecule is Cc1cc(C)c(B(c2ccc(C34CC5CC(C3)CC(c3ccc(N(c6ccc(-c7ccccc7)cc6)c6ccc(-c7ccccc7)cc6)cc3)(C5)C4)cc2)c2c(C)cc(C)cc2C)c(C)c1.Cc1ccc(-c2ccc(N(c3ccc(-c4ccc(C)cc4)cc3)c3ccc(C45CC6CC(CC(c7ccc(B(c8c(C)cc(C)cc8C)c8c(C)cc(C)cc8C)cc7)(C6)C4)C5)cc3)cc2)cc1. The van der Waals surface area contributed by atoms with E-state index in [1.807, 2.05) is 0 Å². The zero-order valence-electron chi connectivity index (χ0n) is 81.3. The van der Waals surface area contributed by atoms with Gasteiger partial charge >= 0.3 is 0 Å². The lowest BCUT2D eigenvalue weighted by Gasteiger charge is -2.63. The molecule has 4 heteroatoms. The van der Waals surface area contributed by atoms with E-state index >= 15 is 0 Å². The fourth-order valence-electron chi connectivity index (χ4n) is 28.3. The Hall–Kier alpha value is -12.8. The summed E-state index contributed by atoms with van der Waals surface area (Å²) in [6.07, 6.45) is 15.8. The van der Waals surface area contributed by atoms with Gasteiger partial charge in [0.25, 0.3) is 0 Å². The maximum atomic E-state index is 2.57. The van der Waals surface area contributed by atoms with E-state index in [0.29, 0.717) is 0 Å². The number of nitrogens with zero attached hydrogens (tertiary/aromatic N) is 2. The fourth-order valence-corrected chi connectivity index (χ4v) is 28.3. The minimum atomic E-state index is 0.197. The van der Waals surface area contributed by atoms with E-state index in [4.69, 9.17) is 0 Å². The van der Waals surface area contributed by atoms with Gasteiger partial charge in [0.1, 0.15) is 0 Å². The summed E-state index contributed by atoms with van der Waals surface area (Å²) in [4.78, 5) is 4.87. The molecule has 0 N–H and O–H groups in total. The average molecular weight is 1740 g/mol. The second-order valence-electron chi connectivity index (χ2n) is 42.8. The van der Waals surface area contributed by atoms with Crippen LogP contribution >= 0.6 is 0 Å². The van der Waals surface area contributed by atoms with E-state index in [0.717, 1.165) is 46.4 Å². The normalized spacial score (nSPS) is 20.5. The molecule has 8 fully saturated rings. The van der Waals surface area contributed by atoms with Crippen molar-refractivity contribution < 1.29 is 0 Å². The molecule has 4 unspecified atom stereocenters. The van der Waals surface area contributed by atoms with Crippen molar-refractivity contribution in [1.82, 2.24) is 0 Å². The highest BCUT2D eigenvalue weighted by molar-refractivity contribution is 6.97. The van der Waals surface area contributed by atoms with Crippen LogP contribution < -0.4 is 42.6 Å². The molecule has 0 radical (unpaired) electrons. The van der Waals surface area contributed by atoms with E-state index in [1.54, 1.807) is 11.1 Å². The quantitative estimate of drug-likeness (QED) is 0.0702. The summed E-state index contributed by atoms with van der Waals surface area (Å²) in [6, 6.07) is 135. The van der Waals surface area contributed by atoms with Gasteiger partial charge in [-0.05, 0) is 359 Å². The van der Waals surface area contributed by atoms with Gasteiger partial charge in [0.2, 0.25) is 13.4 Å². The van der Waals surface area contributed by atoms with Gasteiger partial charge in [0, 0.05) is 34.1 Å². The Labute approximate surface area is 800 Å². The van der Waals surface area contributed by atoms with Crippen LogP contribution in [0.5, 0.6) is 0 Å². The summed E-state index contributed by atoms with van der Waals surface area (Å²) in [5.74, 6) is 3.10. The predicted molar refractivity (Wildman–Crippen MR) is 574 cm³/mol. The van der Waals surface area contributed by atoms with Crippen molar-refractivity contribution in [3.05, 3.63) is 452 Å². The van der Waals surface area contributed by atoms with Crippen molar-refractivity contribution in [2.24, 2.45) is 23.7 Å². The van der Waals surface area contributed by atoms with Crippen LogP contribution in [0.15, 0.2) is 352 Å². The van der Waals surface area contributed by atoms with Crippen molar-refractivity contribution in [2.75, 3.05) is 9.80 Å². The zero-order valence-corrected chi connectivity index (χ0v) is 81.3. The third-order valence-corrected chi connectivity index (χ3v) is 32.9. The molecule has 8 aliphatic carbocycles. The molecule has 0 amide bonds. The molecule has 8 aliphatic rings. The summed E-state index contributed by atoms with van der Waals surface area (Å²) in [5.41, 5.74) is 51.7. The first-order valence-corrected chi connectivity index (χ1v) is 49.9. The third-order valence-electron chi connectivity index (χ3n) is 32.9. The van der Waals surface area contributed by atoms with Gasteiger partial charge in [-0.1, -0.05) is 390 Å². The summed E-state index contributed by atoms with van der Waals surface area (Å²) < 4.78 is 0. The molecule has 16 aromatic rings. The van der Waals surface area contributed by atoms with E-state index < -0.39 is 0 Å². The summed E-state index contributed by atoms with van der Waals surface area (Å²) in [5, 5.41) is 0. The summed E-state index contributed by atoms with van der Waals surface area (Å²) in [6.45, 7) is 32.2. The zero-order chi connectivity index (χ0) is 92.1. The molecule has 4 atom stereocenters. The van der Waals surface area contributed by atoms with Gasteiger partial charge < -0.3 is 9.80 Å². The second kappa shape index (κ2) is 35.6. The molecule has 2 nitrogen and oxygen atoms in total. The van der Waals surface area contributed by atoms with Crippen LogP contribution in [0.25, 0.3) is 44.5 Å². The highest BCUT2D eigenvalue weighted by atomic mass is 15.1. The molecule has 664 valence electrons. The van der Waals surface area contributed by atoms with Gasteiger partial charge in [0.15, 0.2) is 0 Å². The number of anilines is 6. The molecule has 134 heavy (non-hydrogen) atoms. The molecule has 0 heterocycles. The Kier molecular flexibility index (Phi) is 23.3. The van der Waals surface area contributed by atoms with Crippen molar-refractivity contribution in [3.63, 3.8) is 0 Å². The minimum absolute atomic E-state index is 0.197. The molecule has 0 spiro atoms. The molecule has 0 aromatic heterocycles. The Balaban J connectivity index is 0.000000161. The third kappa shape index (κ3) is 16.8. The van der Waals surface area contributed by atoms with Gasteiger partial charge in [-0.2, -0.15) is 0 Å². The van der Waals surface area contributed by atoms with Crippen LogP contribution in [0.3, 0.4) is 0 Å². The highest BCUT2D eigenvalue weighted by Crippen LogP contribution is 2.68. The first kappa shape index (κ1) is 87.9. The molecular formula is C130H128B2N2. The molecule has 8 saturated carbocycles. The van der Waals surface area contributed by atoms with Crippen LogP contribution in [0.4, 0.5) is 34.1 Å². The predicted octanol–water partition coefficient (Wildman–Crippen LogP) is 29.9. The van der Waals surface area contributed by atoms with Crippen LogP contribution in [0.1, 0.15) is 177 Å². The van der Waals surface area contributed by atoms with Gasteiger partial charge in [-0.3, -0.25) is 0 Å². The average Bonchev–Trinajstić information content (AvgIpc) is 0.705. The summed E-state index contributed by atoms with van der Waals surface area (Å²) >= 11 is 0. The first-order chi connectivity index (χ1) is 64.9. The standard InChI is InChI=1S/C66H66BN.C64H62BN/c1-43-9-13-53(14-10-43)55-17-27-60(28-18-55)68(61-29-19-56(20-30-61)54-15-11-44(2)12-16-54)62-31-23-58(24-32-62)66-40-51-37-52(41-66)39-65(38-51,42-66)57-21-25-59(26-22-57)67(63-47(5)33-45(3)34-48(63)6)64-49(7)35-46(4)36-50(64)8;1-43-33-45(3)61(46(4)34-43)65(62-47(5)35-44(2)36-48(62)6)57-25-21-55(22-26-57)63-38-49-37-50(39-63)41-64(40-49,42-63)56-23-31-60(32-24-56)66(58-27-17-53(18-28-58)51-13-9-7-10-14-51)59-29-19-54(20-30-59)52-15-11-8-12-16-52/h9-36,51-52H,37-42H2,1-8H3;7-36,49-50H,37-42H2,1-6H3. The lowest BCUT2D eigenvalue weighted by molar-refractivity contribution is -0.0282. The molecular weight excluding hydrogens is 1610 g/mol. The lowest BCUT2D eigenvalue weighted by Crippen LogP contribution is -2.57. The van der Waals surface area contributed by atoms with Crippen molar-refractivity contribution in [3.8, 4) is 44.5 Å². The van der Waals surface area contributed by atoms with Crippen molar-refractivity contribution in [1.29, 1.82) is 0 Å². The van der Waals surface area contributed by atoms with Crippen LogP contribution in [0, 0.1) is 121 Å². The first-order valence-electron chi connectivity index (χ1n) is 49.9. The number of hydrogen-bond donors (Lipinski definition) is 0. The molecule has 16 aromatic carbocycles. The van der Waals surface area contributed by atoms with Gasteiger partial charge in [0.05, 0.1) is 0 Å². The maximum Gasteiger partial charge on any atom is 0.242 e. The van der Waals surface area contributed by atoms with Crippen LogP contribution in [-0.2, 0) is 21.7 Å². The Morgan fingerprint density at radius 1 is 0.194 bits per heavy atom. The number of benzene rings is 16. The van der Waals surface area contributed by atoms with E-state index in [-0.39, 0.29) is 35.1 Å². The molecule has 8 bridgehead atoms. The van der Waals surface area contributed by atoms with Gasteiger partial charge in [-0.15, -0.1) is 0 Å². The minimum Gasteiger partial charge on any atom is -0.311 e. The Morgan fingerprint density at radius 2 is 0.373 bits per heavy atom. The van der Waals surface area contributed by atoms with E-state index in [1.165, 1.54) is 255 Å². The molecule has 0 saturated heterocycles. The number of aryl methyl sites for hydroxylation is 14. The van der Waals surface area contributed by atoms with Gasteiger partial charge in [-0.25, -0.2) is 0 Å². The fraction of sp³-hybridized carbons (Fsp3) is 0.262. The Morgan fingerprint density at radius 3 is 0.582 bits per heavy atom. The molecule has 0 aliphatic heterocycles. The topological polar surface area (TPSA) is 6.48 Å². The number of hydrogen-bond acceptors (Lipinski definition) is 2. The monoisotopic (exact) mass is 1740 g/mol. The lowest BCUT2D eigenvalue weighted by atomic mass is 9.34. The highest BCUT2D eigenvalue weighted by Gasteiger charge is 2.60. The number of rotatable bonds is 20. The largest absolute Gasteiger partial charge is 0.311 e. The summed E-state index contributed by atoms with van der Waals surface area (Å²) in [7, 11) is 0. The molecule has 24 rings (SSSR count). The van der Waals surface area contributed by atoms with Crippen LogP contribution in [0.2, 0.25) is 0 Å². The Bertz CT molecular complexity index is 6590. The van der Waals surface area contributed by atoms with Crippen molar-refractivity contribution >= 4 is 80.3 Å². The van der Waals surface area contributed by atoms with E-state index in [9.17, 15) is 0 Å². The van der Waals surface area contributed by atoms with Crippen molar-refractivity contribution in [2.45, 2.75) is 196 Å². The van der Waals surface area contributed by atoms with E-state index in [2.05, 4.69) is 459 Å². The van der Waals surface area contributed by atoms with Crippen LogP contribution in [-0.4, -0.2) is 13.4 Å². The second-order valence-corrected chi connectivity index (χ2v) is 42.8.